The zero-order valence-electron chi connectivity index (χ0n) is 14.4. The van der Waals surface area contributed by atoms with Crippen LogP contribution in [0.15, 0.2) is 72.1 Å². The molecule has 130 valence electrons. The molecule has 3 nitrogen and oxygen atoms in total. The van der Waals surface area contributed by atoms with Crippen LogP contribution < -0.4 is 0 Å². The third kappa shape index (κ3) is 3.10. The van der Waals surface area contributed by atoms with Gasteiger partial charge < -0.3 is 4.57 Å². The fourth-order valence-electron chi connectivity index (χ4n) is 3.00. The van der Waals surface area contributed by atoms with Gasteiger partial charge >= 0.3 is 0 Å². The Balaban J connectivity index is 2.00. The molecule has 0 aliphatic carbocycles. The van der Waals surface area contributed by atoms with E-state index < -0.39 is 0 Å². The minimum atomic E-state index is -0.264. The van der Waals surface area contributed by atoms with Gasteiger partial charge in [0.05, 0.1) is 5.39 Å². The molecule has 2 aromatic heterocycles. The lowest BCUT2D eigenvalue weighted by atomic mass is 10.1. The molecule has 0 unspecified atom stereocenters. The first-order valence-corrected chi connectivity index (χ1v) is 9.56. The van der Waals surface area contributed by atoms with Crippen LogP contribution in [0.5, 0.6) is 0 Å². The Hall–Kier alpha value is -2.66. The second kappa shape index (κ2) is 7.30. The van der Waals surface area contributed by atoms with Crippen LogP contribution in [-0.4, -0.2) is 20.3 Å². The van der Waals surface area contributed by atoms with Crippen LogP contribution in [-0.2, 0) is 0 Å². The lowest BCUT2D eigenvalue weighted by Crippen LogP contribution is -1.95. The van der Waals surface area contributed by atoms with Gasteiger partial charge in [0.25, 0.3) is 0 Å². The predicted molar refractivity (Wildman–Crippen MR) is 105 cm³/mol. The van der Waals surface area contributed by atoms with E-state index in [0.717, 1.165) is 45.0 Å². The molecular weight excluding hydrogens is 345 g/mol. The maximum atomic E-state index is 13.8. The van der Waals surface area contributed by atoms with Gasteiger partial charge in [0.2, 0.25) is 0 Å². The summed E-state index contributed by atoms with van der Waals surface area (Å²) in [5, 5.41) is 1.98. The highest BCUT2D eigenvalue weighted by atomic mass is 32.2. The van der Waals surface area contributed by atoms with Crippen LogP contribution in [0.25, 0.3) is 27.8 Å². The van der Waals surface area contributed by atoms with Crippen molar-refractivity contribution in [2.75, 3.05) is 5.75 Å². The first-order chi connectivity index (χ1) is 12.8. The summed E-state index contributed by atoms with van der Waals surface area (Å²) in [5.74, 6) is 0.728. The lowest BCUT2D eigenvalue weighted by Gasteiger charge is -2.06. The Morgan fingerprint density at radius 3 is 2.65 bits per heavy atom. The molecule has 0 aliphatic heterocycles. The molecule has 0 saturated carbocycles. The smallest absolute Gasteiger partial charge is 0.149 e. The van der Waals surface area contributed by atoms with Crippen molar-refractivity contribution in [3.63, 3.8) is 0 Å². The van der Waals surface area contributed by atoms with Crippen molar-refractivity contribution in [3.05, 3.63) is 72.9 Å². The Morgan fingerprint density at radius 1 is 1.04 bits per heavy atom. The van der Waals surface area contributed by atoms with Gasteiger partial charge in [-0.15, -0.1) is 11.8 Å². The molecule has 2 heterocycles. The van der Waals surface area contributed by atoms with E-state index in [1.54, 1.807) is 24.2 Å². The number of aromatic nitrogens is 3. The van der Waals surface area contributed by atoms with Crippen LogP contribution >= 0.6 is 11.8 Å². The molecule has 0 spiro atoms. The molecule has 0 amide bonds. The molecule has 4 rings (SSSR count). The molecule has 0 saturated heterocycles. The summed E-state index contributed by atoms with van der Waals surface area (Å²) >= 11 is 1.73. The predicted octanol–water partition coefficient (Wildman–Crippen LogP) is 5.73. The highest BCUT2D eigenvalue weighted by molar-refractivity contribution is 7.99. The van der Waals surface area contributed by atoms with Crippen molar-refractivity contribution in [2.24, 2.45) is 0 Å². The van der Waals surface area contributed by atoms with Gasteiger partial charge in [-0.1, -0.05) is 43.3 Å². The van der Waals surface area contributed by atoms with E-state index in [4.69, 9.17) is 0 Å². The summed E-state index contributed by atoms with van der Waals surface area (Å²) in [7, 11) is 0. The number of rotatable bonds is 5. The van der Waals surface area contributed by atoms with E-state index in [2.05, 4.69) is 29.0 Å². The Kier molecular flexibility index (Phi) is 4.71. The standard InChI is InChI=1S/C21H18FN3S/c1-2-11-26-21-19-18(15-7-4-3-5-8-15)13-25(20(19)23-14-24-21)17-10-6-9-16(22)12-17/h3-10,12-14H,2,11H2,1H3. The van der Waals surface area contributed by atoms with Gasteiger partial charge in [0.15, 0.2) is 0 Å². The highest BCUT2D eigenvalue weighted by Gasteiger charge is 2.17. The van der Waals surface area contributed by atoms with Crippen LogP contribution in [0.1, 0.15) is 13.3 Å². The molecule has 0 aliphatic rings. The summed E-state index contributed by atoms with van der Waals surface area (Å²) in [6.45, 7) is 2.15. The average Bonchev–Trinajstić information content (AvgIpc) is 3.07. The van der Waals surface area contributed by atoms with Crippen molar-refractivity contribution in [2.45, 2.75) is 18.4 Å². The first kappa shape index (κ1) is 16.8. The normalized spacial score (nSPS) is 11.2. The molecular formula is C21H18FN3S. The summed E-state index contributed by atoms with van der Waals surface area (Å²) in [6.07, 6.45) is 4.69. The van der Waals surface area contributed by atoms with Gasteiger partial charge in [0.1, 0.15) is 22.8 Å². The largest absolute Gasteiger partial charge is 0.300 e. The minimum absolute atomic E-state index is 0.264. The minimum Gasteiger partial charge on any atom is -0.300 e. The zero-order valence-corrected chi connectivity index (χ0v) is 15.2. The van der Waals surface area contributed by atoms with Crippen molar-refractivity contribution in [1.82, 2.24) is 14.5 Å². The number of thioether (sulfide) groups is 1. The Bertz CT molecular complexity index is 1040. The SMILES string of the molecule is CCCSc1ncnc2c1c(-c1ccccc1)cn2-c1cccc(F)c1. The van der Waals surface area contributed by atoms with E-state index >= 15 is 0 Å². The molecule has 0 N–H and O–H groups in total. The molecule has 4 aromatic rings. The van der Waals surface area contributed by atoms with Crippen molar-refractivity contribution >= 4 is 22.8 Å². The van der Waals surface area contributed by atoms with Crippen LogP contribution in [0.4, 0.5) is 4.39 Å². The number of hydrogen-bond donors (Lipinski definition) is 0. The van der Waals surface area contributed by atoms with Crippen molar-refractivity contribution in [1.29, 1.82) is 0 Å². The monoisotopic (exact) mass is 363 g/mol. The topological polar surface area (TPSA) is 30.7 Å². The van der Waals surface area contributed by atoms with Crippen molar-refractivity contribution < 1.29 is 4.39 Å². The molecule has 0 fully saturated rings. The fraction of sp³-hybridized carbons (Fsp3) is 0.143. The van der Waals surface area contributed by atoms with Crippen LogP contribution in [0.3, 0.4) is 0 Å². The molecule has 0 atom stereocenters. The van der Waals surface area contributed by atoms with Crippen LogP contribution in [0, 0.1) is 5.82 Å². The maximum absolute atomic E-state index is 13.8. The maximum Gasteiger partial charge on any atom is 0.149 e. The second-order valence-corrected chi connectivity index (χ2v) is 7.07. The third-order valence-corrected chi connectivity index (χ3v) is 5.36. The average molecular weight is 363 g/mol. The Morgan fingerprint density at radius 2 is 1.88 bits per heavy atom. The van der Waals surface area contributed by atoms with Gasteiger partial charge in [-0.25, -0.2) is 14.4 Å². The number of hydrogen-bond acceptors (Lipinski definition) is 3. The van der Waals surface area contributed by atoms with Gasteiger partial charge in [-0.3, -0.25) is 0 Å². The summed E-state index contributed by atoms with van der Waals surface area (Å²) in [6, 6.07) is 16.8. The Labute approximate surface area is 155 Å². The number of halogens is 1. The quantitative estimate of drug-likeness (QED) is 0.335. The van der Waals surface area contributed by atoms with E-state index in [1.165, 1.54) is 12.1 Å². The van der Waals surface area contributed by atoms with Crippen molar-refractivity contribution in [3.8, 4) is 16.8 Å². The number of fused-ring (bicyclic) bond motifs is 1. The van der Waals surface area contributed by atoms with Crippen LogP contribution in [0.2, 0.25) is 0 Å². The summed E-state index contributed by atoms with van der Waals surface area (Å²) in [5.41, 5.74) is 3.70. The summed E-state index contributed by atoms with van der Waals surface area (Å²) in [4.78, 5) is 9.04. The third-order valence-electron chi connectivity index (χ3n) is 4.16. The molecule has 0 radical (unpaired) electrons. The lowest BCUT2D eigenvalue weighted by molar-refractivity contribution is 0.627. The summed E-state index contributed by atoms with van der Waals surface area (Å²) < 4.78 is 15.7. The zero-order chi connectivity index (χ0) is 17.9. The van der Waals surface area contributed by atoms with Gasteiger partial charge in [-0.05, 0) is 35.9 Å². The van der Waals surface area contributed by atoms with E-state index in [1.807, 2.05) is 35.0 Å². The van der Waals surface area contributed by atoms with E-state index in [9.17, 15) is 4.39 Å². The van der Waals surface area contributed by atoms with Gasteiger partial charge in [0, 0.05) is 17.4 Å². The first-order valence-electron chi connectivity index (χ1n) is 8.58. The van der Waals surface area contributed by atoms with Gasteiger partial charge in [-0.2, -0.15) is 0 Å². The molecule has 5 heteroatoms. The fourth-order valence-corrected chi connectivity index (χ4v) is 3.87. The number of benzene rings is 2. The molecule has 2 aromatic carbocycles. The number of nitrogens with zero attached hydrogens (tertiary/aromatic N) is 3. The second-order valence-electron chi connectivity index (χ2n) is 5.98. The highest BCUT2D eigenvalue weighted by Crippen LogP contribution is 2.36. The molecule has 26 heavy (non-hydrogen) atoms. The molecule has 0 bridgehead atoms. The van der Waals surface area contributed by atoms with E-state index in [-0.39, 0.29) is 5.82 Å². The van der Waals surface area contributed by atoms with E-state index in [0.29, 0.717) is 0 Å².